The Labute approximate surface area is 70.6 Å². The fraction of sp³-hybridized carbons (Fsp3) is 0. The van der Waals surface area contributed by atoms with Gasteiger partial charge in [-0.15, -0.1) is 0 Å². The summed E-state index contributed by atoms with van der Waals surface area (Å²) in [7, 11) is -5.61. The van der Waals surface area contributed by atoms with E-state index >= 15 is 0 Å². The molecule has 8 heavy (non-hydrogen) atoms. The first-order valence-electron chi connectivity index (χ1n) is 0.816. The maximum atomic E-state index is 8.58. The number of rotatable bonds is 0. The predicted octanol–water partition coefficient (Wildman–Crippen LogP) is -5.64. The summed E-state index contributed by atoms with van der Waals surface area (Å²) in [4.78, 5) is 34.3. The molecule has 8 heteroatoms. The van der Waals surface area contributed by atoms with Crippen LogP contribution in [0.4, 0.5) is 0 Å². The summed E-state index contributed by atoms with van der Waals surface area (Å²) in [5, 5.41) is 0. The van der Waals surface area contributed by atoms with Crippen molar-refractivity contribution in [2.75, 3.05) is 0 Å². The van der Waals surface area contributed by atoms with E-state index < -0.39 is 9.05 Å². The van der Waals surface area contributed by atoms with Gasteiger partial charge in [-0.25, -0.2) is 0 Å². The molecule has 0 aliphatic rings. The van der Waals surface area contributed by atoms with Crippen molar-refractivity contribution in [1.82, 2.24) is 0 Å². The van der Waals surface area contributed by atoms with Crippen LogP contribution in [0.1, 0.15) is 0 Å². The largest absolute Gasteiger partial charge is 4.00 e. The molecular formula is HfO5Si2+2. The molecule has 0 aromatic carbocycles. The second-order valence-electron chi connectivity index (χ2n) is 0.500. The van der Waals surface area contributed by atoms with Gasteiger partial charge in [0.25, 0.3) is 0 Å². The van der Waals surface area contributed by atoms with E-state index in [0.29, 0.717) is 0 Å². The zero-order chi connectivity index (χ0) is 4.50. The SMILES string of the molecule is [Hf+4].[O-2].[O-][Si]([O-])([O-])[O-].[Si+4]. The van der Waals surface area contributed by atoms with Crippen molar-refractivity contribution in [3.8, 4) is 0 Å². The quantitative estimate of drug-likeness (QED) is 0.414. The van der Waals surface area contributed by atoms with E-state index in [0.717, 1.165) is 0 Å². The average molecular weight is 315 g/mol. The smallest absolute Gasteiger partial charge is 2.00 e. The molecule has 0 atom stereocenters. The van der Waals surface area contributed by atoms with E-state index in [2.05, 4.69) is 0 Å². The van der Waals surface area contributed by atoms with Crippen molar-refractivity contribution in [1.29, 1.82) is 0 Å². The topological polar surface area (TPSA) is 121 Å². The van der Waals surface area contributed by atoms with Gasteiger partial charge < -0.3 is 33.7 Å². The molecule has 0 aromatic heterocycles. The molecule has 0 aliphatic carbocycles. The summed E-state index contributed by atoms with van der Waals surface area (Å²) in [6.07, 6.45) is 0. The molecule has 0 aliphatic heterocycles. The molecule has 0 bridgehead atoms. The van der Waals surface area contributed by atoms with Gasteiger partial charge in [0.15, 0.2) is 0 Å². The summed E-state index contributed by atoms with van der Waals surface area (Å²) < 4.78 is 0. The summed E-state index contributed by atoms with van der Waals surface area (Å²) in [6.45, 7) is 0. The van der Waals surface area contributed by atoms with Gasteiger partial charge in [0.2, 0.25) is 0 Å². The van der Waals surface area contributed by atoms with Gasteiger partial charge in [-0.1, -0.05) is 0 Å². The molecule has 0 radical (unpaired) electrons. The van der Waals surface area contributed by atoms with Crippen LogP contribution in [0.15, 0.2) is 0 Å². The van der Waals surface area contributed by atoms with Crippen LogP contribution in [0.25, 0.3) is 0 Å². The van der Waals surface area contributed by atoms with E-state index in [4.69, 9.17) is 19.2 Å². The monoisotopic (exact) mass is 316 g/mol. The summed E-state index contributed by atoms with van der Waals surface area (Å²) in [5.74, 6) is 0. The Kier molecular flexibility index (Phi) is 23.2. The van der Waals surface area contributed by atoms with Crippen LogP contribution < -0.4 is 19.2 Å². The summed E-state index contributed by atoms with van der Waals surface area (Å²) >= 11 is 0. The van der Waals surface area contributed by atoms with Gasteiger partial charge >= 0.3 is 36.8 Å². The van der Waals surface area contributed by atoms with Crippen LogP contribution >= 0.6 is 0 Å². The summed E-state index contributed by atoms with van der Waals surface area (Å²) in [5.41, 5.74) is 0. The van der Waals surface area contributed by atoms with E-state index in [1.165, 1.54) is 0 Å². The van der Waals surface area contributed by atoms with Crippen LogP contribution in [-0.2, 0) is 31.3 Å². The van der Waals surface area contributed by atoms with Gasteiger partial charge in [-0.05, 0) is 0 Å². The zero-order valence-electron chi connectivity index (χ0n) is 3.54. The van der Waals surface area contributed by atoms with E-state index in [-0.39, 0.29) is 42.3 Å². The fourth-order valence-corrected chi connectivity index (χ4v) is 0. The van der Waals surface area contributed by atoms with Gasteiger partial charge in [-0.2, -0.15) is 0 Å². The Bertz CT molecular complexity index is 25.9. The molecule has 0 saturated heterocycles. The minimum Gasteiger partial charge on any atom is -2.00 e. The normalized spacial score (nSPS) is 7.50. The number of hydrogen-bond acceptors (Lipinski definition) is 4. The molecular weight excluding hydrogens is 315 g/mol. The Balaban J connectivity index is -0.0000000267. The first-order valence-corrected chi connectivity index (χ1v) is 2.45. The summed E-state index contributed by atoms with van der Waals surface area (Å²) in [6, 6.07) is 0. The van der Waals surface area contributed by atoms with E-state index in [1.54, 1.807) is 0 Å². The van der Waals surface area contributed by atoms with Crippen LogP contribution in [0, 0.1) is 0 Å². The van der Waals surface area contributed by atoms with Gasteiger partial charge in [-0.3, -0.25) is 0 Å². The second kappa shape index (κ2) is 8.10. The number of hydrogen-bond donors (Lipinski definition) is 0. The Morgan fingerprint density at radius 3 is 0.875 bits per heavy atom. The van der Waals surface area contributed by atoms with Crippen LogP contribution in [0.3, 0.4) is 0 Å². The molecule has 40 valence electrons. The van der Waals surface area contributed by atoms with Crippen molar-refractivity contribution in [2.24, 2.45) is 0 Å². The molecule has 0 heterocycles. The average Bonchev–Trinajstić information content (AvgIpc) is 0.722. The van der Waals surface area contributed by atoms with E-state index in [9.17, 15) is 0 Å². The molecule has 0 spiro atoms. The first-order chi connectivity index (χ1) is 2.00. The third kappa shape index (κ3) is 217. The zero-order valence-corrected chi connectivity index (χ0v) is 9.13. The van der Waals surface area contributed by atoms with E-state index in [1.807, 2.05) is 0 Å². The van der Waals surface area contributed by atoms with Crippen molar-refractivity contribution in [3.05, 3.63) is 0 Å². The molecule has 0 fully saturated rings. The molecule has 0 unspecified atom stereocenters. The molecule has 0 aromatic rings. The van der Waals surface area contributed by atoms with Crippen LogP contribution in [0.2, 0.25) is 0 Å². The van der Waals surface area contributed by atoms with Gasteiger partial charge in [0, 0.05) is 0 Å². The Morgan fingerprint density at radius 2 is 0.875 bits per heavy atom. The fourth-order valence-electron chi connectivity index (χ4n) is 0. The van der Waals surface area contributed by atoms with Crippen molar-refractivity contribution >= 4 is 20.0 Å². The molecule has 0 saturated carbocycles. The van der Waals surface area contributed by atoms with Crippen LogP contribution in [0.5, 0.6) is 0 Å². The standard InChI is InChI=1S/Hf.O4Si.O.Si/c;1-5(2,3)4;;/q+4;-4;-2;+4. The third-order valence-corrected chi connectivity index (χ3v) is 0. The van der Waals surface area contributed by atoms with Crippen molar-refractivity contribution in [2.45, 2.75) is 0 Å². The minimum absolute atomic E-state index is 0. The van der Waals surface area contributed by atoms with Crippen LogP contribution in [-0.4, -0.2) is 20.0 Å². The first kappa shape index (κ1) is 23.0. The molecule has 0 rings (SSSR count). The third-order valence-electron chi connectivity index (χ3n) is 0. The minimum atomic E-state index is -5.61. The van der Waals surface area contributed by atoms with Crippen molar-refractivity contribution < 1.29 is 50.5 Å². The Morgan fingerprint density at radius 1 is 0.875 bits per heavy atom. The maximum absolute atomic E-state index is 8.58. The molecule has 5 nitrogen and oxygen atoms in total. The predicted molar refractivity (Wildman–Crippen MR) is 12.2 cm³/mol. The molecule has 0 N–H and O–H groups in total. The Hall–Kier alpha value is 1.10. The maximum Gasteiger partial charge on any atom is 4.00 e. The van der Waals surface area contributed by atoms with Crippen molar-refractivity contribution in [3.63, 3.8) is 0 Å². The van der Waals surface area contributed by atoms with Gasteiger partial charge in [0.1, 0.15) is 0 Å². The van der Waals surface area contributed by atoms with Gasteiger partial charge in [0.05, 0.1) is 0 Å². The second-order valence-corrected chi connectivity index (χ2v) is 1.50. The molecule has 0 amide bonds.